The molecule has 0 aromatic heterocycles. The highest BCUT2D eigenvalue weighted by molar-refractivity contribution is 5.94. The molecular formula is C12H15NO. The summed E-state index contributed by atoms with van der Waals surface area (Å²) in [4.78, 5) is 13.5. The molecule has 1 aromatic carbocycles. The van der Waals surface area contributed by atoms with Crippen LogP contribution in [-0.4, -0.2) is 18.9 Å². The van der Waals surface area contributed by atoms with E-state index in [4.69, 9.17) is 0 Å². The average molecular weight is 189 g/mol. The molecule has 2 nitrogen and oxygen atoms in total. The summed E-state index contributed by atoms with van der Waals surface area (Å²) in [6, 6.07) is 7.91. The van der Waals surface area contributed by atoms with Crippen molar-refractivity contribution in [3.05, 3.63) is 29.8 Å². The third-order valence-electron chi connectivity index (χ3n) is 2.72. The fourth-order valence-corrected chi connectivity index (χ4v) is 1.90. The summed E-state index contributed by atoms with van der Waals surface area (Å²) in [5.74, 6) is 0.144. The van der Waals surface area contributed by atoms with Gasteiger partial charge in [-0.1, -0.05) is 12.1 Å². The van der Waals surface area contributed by atoms with Crippen LogP contribution < -0.4 is 4.90 Å². The van der Waals surface area contributed by atoms with E-state index in [1.54, 1.807) is 6.92 Å². The number of anilines is 1. The van der Waals surface area contributed by atoms with Gasteiger partial charge >= 0.3 is 0 Å². The molecule has 1 heterocycles. The van der Waals surface area contributed by atoms with Gasteiger partial charge < -0.3 is 4.90 Å². The maximum Gasteiger partial charge on any atom is 0.159 e. The maximum atomic E-state index is 11.2. The maximum absolute atomic E-state index is 11.2. The lowest BCUT2D eigenvalue weighted by atomic mass is 10.1. The highest BCUT2D eigenvalue weighted by Gasteiger charge is 2.12. The number of nitrogens with zero attached hydrogens (tertiary/aromatic N) is 1. The third kappa shape index (κ3) is 1.79. The van der Waals surface area contributed by atoms with Crippen molar-refractivity contribution in [1.29, 1.82) is 0 Å². The molecule has 1 fully saturated rings. The highest BCUT2D eigenvalue weighted by atomic mass is 16.1. The van der Waals surface area contributed by atoms with Gasteiger partial charge in [0.1, 0.15) is 0 Å². The third-order valence-corrected chi connectivity index (χ3v) is 2.72. The van der Waals surface area contributed by atoms with Crippen LogP contribution in [0.5, 0.6) is 0 Å². The minimum Gasteiger partial charge on any atom is -0.372 e. The van der Waals surface area contributed by atoms with Crippen molar-refractivity contribution in [2.24, 2.45) is 0 Å². The summed E-state index contributed by atoms with van der Waals surface area (Å²) in [6.07, 6.45) is 2.54. The normalized spacial score (nSPS) is 15.9. The van der Waals surface area contributed by atoms with Crippen molar-refractivity contribution in [3.63, 3.8) is 0 Å². The predicted molar refractivity (Wildman–Crippen MR) is 57.9 cm³/mol. The summed E-state index contributed by atoms with van der Waals surface area (Å²) in [5.41, 5.74) is 2.00. The van der Waals surface area contributed by atoms with E-state index in [1.165, 1.54) is 18.5 Å². The van der Waals surface area contributed by atoms with E-state index in [2.05, 4.69) is 11.0 Å². The van der Waals surface area contributed by atoms with Gasteiger partial charge in [0, 0.05) is 24.3 Å². The van der Waals surface area contributed by atoms with Gasteiger partial charge in [0.05, 0.1) is 0 Å². The molecule has 0 bridgehead atoms. The van der Waals surface area contributed by atoms with Crippen LogP contribution in [-0.2, 0) is 0 Å². The van der Waals surface area contributed by atoms with E-state index in [0.717, 1.165) is 18.7 Å². The minimum atomic E-state index is 0.144. The summed E-state index contributed by atoms with van der Waals surface area (Å²) in [6.45, 7) is 3.87. The number of ketones is 1. The molecule has 0 unspecified atom stereocenters. The first-order valence-corrected chi connectivity index (χ1v) is 5.13. The van der Waals surface area contributed by atoms with Crippen molar-refractivity contribution >= 4 is 11.5 Å². The van der Waals surface area contributed by atoms with E-state index in [0.29, 0.717) is 0 Å². The van der Waals surface area contributed by atoms with Crippen molar-refractivity contribution in [3.8, 4) is 0 Å². The molecule has 0 amide bonds. The fourth-order valence-electron chi connectivity index (χ4n) is 1.90. The number of hydrogen-bond donors (Lipinski definition) is 0. The summed E-state index contributed by atoms with van der Waals surface area (Å²) >= 11 is 0. The van der Waals surface area contributed by atoms with Gasteiger partial charge in [-0.15, -0.1) is 0 Å². The molecule has 1 saturated heterocycles. The monoisotopic (exact) mass is 189 g/mol. The smallest absolute Gasteiger partial charge is 0.159 e. The molecule has 74 valence electrons. The van der Waals surface area contributed by atoms with Gasteiger partial charge in [-0.05, 0) is 31.9 Å². The molecule has 1 aromatic rings. The van der Waals surface area contributed by atoms with Crippen LogP contribution in [0.4, 0.5) is 5.69 Å². The number of hydrogen-bond acceptors (Lipinski definition) is 2. The van der Waals surface area contributed by atoms with Crippen LogP contribution in [0.15, 0.2) is 24.3 Å². The first-order chi connectivity index (χ1) is 6.77. The van der Waals surface area contributed by atoms with Crippen LogP contribution >= 0.6 is 0 Å². The molecule has 1 aliphatic rings. The van der Waals surface area contributed by atoms with Crippen LogP contribution in [0, 0.1) is 0 Å². The standard InChI is InChI=1S/C12H15NO/c1-10(14)11-5-4-6-12(9-11)13-7-2-3-8-13/h4-6,9H,2-3,7-8H2,1H3. The van der Waals surface area contributed by atoms with E-state index in [-0.39, 0.29) is 5.78 Å². The van der Waals surface area contributed by atoms with Crippen molar-refractivity contribution < 1.29 is 4.79 Å². The van der Waals surface area contributed by atoms with Crippen molar-refractivity contribution in [2.45, 2.75) is 19.8 Å². The molecular weight excluding hydrogens is 174 g/mol. The van der Waals surface area contributed by atoms with Crippen LogP contribution in [0.1, 0.15) is 30.1 Å². The molecule has 2 rings (SSSR count). The zero-order chi connectivity index (χ0) is 9.97. The van der Waals surface area contributed by atoms with E-state index in [9.17, 15) is 4.79 Å². The Balaban J connectivity index is 2.25. The van der Waals surface area contributed by atoms with Crippen LogP contribution in [0.2, 0.25) is 0 Å². The van der Waals surface area contributed by atoms with E-state index in [1.807, 2.05) is 18.2 Å². The van der Waals surface area contributed by atoms with Gasteiger partial charge in [0.25, 0.3) is 0 Å². The quantitative estimate of drug-likeness (QED) is 0.666. The van der Waals surface area contributed by atoms with Gasteiger partial charge in [-0.3, -0.25) is 4.79 Å². The van der Waals surface area contributed by atoms with Crippen LogP contribution in [0.3, 0.4) is 0 Å². The number of Topliss-reactive ketones (excluding diaryl/α,β-unsaturated/α-hetero) is 1. The number of carbonyl (C=O) groups excluding carboxylic acids is 1. The Labute approximate surface area is 84.5 Å². The predicted octanol–water partition coefficient (Wildman–Crippen LogP) is 2.49. The van der Waals surface area contributed by atoms with E-state index < -0.39 is 0 Å². The van der Waals surface area contributed by atoms with Gasteiger partial charge in [-0.2, -0.15) is 0 Å². The van der Waals surface area contributed by atoms with Gasteiger partial charge in [0.2, 0.25) is 0 Å². The van der Waals surface area contributed by atoms with Gasteiger partial charge in [-0.25, -0.2) is 0 Å². The molecule has 0 spiro atoms. The zero-order valence-corrected chi connectivity index (χ0v) is 8.49. The second kappa shape index (κ2) is 3.82. The number of benzene rings is 1. The van der Waals surface area contributed by atoms with E-state index >= 15 is 0 Å². The first kappa shape index (κ1) is 9.25. The average Bonchev–Trinajstić information content (AvgIpc) is 2.71. The Kier molecular flexibility index (Phi) is 2.53. The first-order valence-electron chi connectivity index (χ1n) is 5.13. The second-order valence-corrected chi connectivity index (χ2v) is 3.80. The zero-order valence-electron chi connectivity index (χ0n) is 8.49. The largest absolute Gasteiger partial charge is 0.372 e. The van der Waals surface area contributed by atoms with Crippen molar-refractivity contribution in [2.75, 3.05) is 18.0 Å². The lowest BCUT2D eigenvalue weighted by molar-refractivity contribution is 0.101. The van der Waals surface area contributed by atoms with Gasteiger partial charge in [0.15, 0.2) is 5.78 Å². The molecule has 0 radical (unpaired) electrons. The SMILES string of the molecule is CC(=O)c1cccc(N2CCCC2)c1. The summed E-state index contributed by atoms with van der Waals surface area (Å²) in [7, 11) is 0. The number of carbonyl (C=O) groups is 1. The Morgan fingerprint density at radius 2 is 2.00 bits per heavy atom. The van der Waals surface area contributed by atoms with Crippen molar-refractivity contribution in [1.82, 2.24) is 0 Å². The molecule has 14 heavy (non-hydrogen) atoms. The molecule has 1 aliphatic heterocycles. The highest BCUT2D eigenvalue weighted by Crippen LogP contribution is 2.21. The molecule has 0 N–H and O–H groups in total. The van der Waals surface area contributed by atoms with Crippen LogP contribution in [0.25, 0.3) is 0 Å². The molecule has 0 aliphatic carbocycles. The fraction of sp³-hybridized carbons (Fsp3) is 0.417. The summed E-state index contributed by atoms with van der Waals surface area (Å²) in [5, 5.41) is 0. The number of rotatable bonds is 2. The topological polar surface area (TPSA) is 20.3 Å². The Hall–Kier alpha value is -1.31. The summed E-state index contributed by atoms with van der Waals surface area (Å²) < 4.78 is 0. The lowest BCUT2D eigenvalue weighted by Crippen LogP contribution is -2.17. The Morgan fingerprint density at radius 1 is 1.29 bits per heavy atom. The lowest BCUT2D eigenvalue weighted by Gasteiger charge is -2.17. The minimum absolute atomic E-state index is 0.144. The Morgan fingerprint density at radius 3 is 2.64 bits per heavy atom. The molecule has 2 heteroatoms. The molecule has 0 saturated carbocycles. The molecule has 0 atom stereocenters. The second-order valence-electron chi connectivity index (χ2n) is 3.80. The Bertz CT molecular complexity index is 340.